The van der Waals surface area contributed by atoms with Gasteiger partial charge in [0.25, 0.3) is 0 Å². The molecule has 1 amide bonds. The van der Waals surface area contributed by atoms with E-state index in [1.54, 1.807) is 16.2 Å². The van der Waals surface area contributed by atoms with Crippen LogP contribution in [0.25, 0.3) is 0 Å². The number of piperidine rings is 1. The number of oxime groups is 1. The third-order valence-corrected chi connectivity index (χ3v) is 8.31. The van der Waals surface area contributed by atoms with Crippen LogP contribution in [0, 0.1) is 27.7 Å². The van der Waals surface area contributed by atoms with Crippen molar-refractivity contribution in [3.05, 3.63) is 67.9 Å². The molecule has 1 atom stereocenters. The first-order chi connectivity index (χ1) is 18.0. The van der Waals surface area contributed by atoms with Gasteiger partial charge in [-0.2, -0.15) is 18.3 Å². The molecule has 2 aliphatic rings. The molecule has 0 saturated carbocycles. The summed E-state index contributed by atoms with van der Waals surface area (Å²) >= 11 is 1.60. The summed E-state index contributed by atoms with van der Waals surface area (Å²) < 4.78 is 39.9. The van der Waals surface area contributed by atoms with Gasteiger partial charge in [0, 0.05) is 42.1 Å². The quantitative estimate of drug-likeness (QED) is 0.402. The number of amides is 1. The van der Waals surface area contributed by atoms with Gasteiger partial charge in [-0.15, -0.1) is 11.3 Å². The summed E-state index contributed by atoms with van der Waals surface area (Å²) in [6.45, 7) is 8.68. The lowest BCUT2D eigenvalue weighted by molar-refractivity contribution is -0.142. The number of halogens is 3. The molecule has 1 fully saturated rings. The van der Waals surface area contributed by atoms with Crippen molar-refractivity contribution in [3.63, 3.8) is 0 Å². The summed E-state index contributed by atoms with van der Waals surface area (Å²) in [4.78, 5) is 25.1. The number of hydrogen-bond donors (Lipinski definition) is 0. The van der Waals surface area contributed by atoms with Crippen molar-refractivity contribution in [1.82, 2.24) is 19.7 Å². The molecule has 11 heteroatoms. The van der Waals surface area contributed by atoms with E-state index in [4.69, 9.17) is 9.82 Å². The van der Waals surface area contributed by atoms with Crippen molar-refractivity contribution in [2.45, 2.75) is 71.7 Å². The van der Waals surface area contributed by atoms with Crippen LogP contribution < -0.4 is 0 Å². The molecule has 202 valence electrons. The van der Waals surface area contributed by atoms with Crippen LogP contribution in [-0.2, 0) is 22.4 Å². The van der Waals surface area contributed by atoms with Crippen LogP contribution in [0.2, 0.25) is 0 Å². The fourth-order valence-corrected chi connectivity index (χ4v) is 6.40. The number of hydrogen-bond acceptors (Lipinski definition) is 6. The summed E-state index contributed by atoms with van der Waals surface area (Å²) in [6, 6.07) is 5.29. The SMILES string of the molecule is Cc1cc(C)c([C@H]2CC(c3csc(C4CCN(C(=O)Cn5nc(C(F)(F)F)cc5C)CC4)n3)=NO2)c(C)c1. The van der Waals surface area contributed by atoms with E-state index < -0.39 is 11.9 Å². The number of aromatic nitrogens is 3. The second-order valence-corrected chi connectivity index (χ2v) is 11.1. The van der Waals surface area contributed by atoms with E-state index in [1.807, 2.05) is 5.38 Å². The lowest BCUT2D eigenvalue weighted by Crippen LogP contribution is -2.40. The van der Waals surface area contributed by atoms with Gasteiger partial charge in [-0.25, -0.2) is 4.98 Å². The van der Waals surface area contributed by atoms with Crippen LogP contribution in [0.4, 0.5) is 13.2 Å². The molecule has 7 nitrogen and oxygen atoms in total. The molecule has 5 rings (SSSR count). The zero-order chi connectivity index (χ0) is 27.2. The monoisotopic (exact) mass is 545 g/mol. The molecule has 0 spiro atoms. The average molecular weight is 546 g/mol. The minimum Gasteiger partial charge on any atom is -0.387 e. The van der Waals surface area contributed by atoms with Gasteiger partial charge in [0.15, 0.2) is 11.8 Å². The number of benzene rings is 1. The molecule has 0 aliphatic carbocycles. The molecule has 38 heavy (non-hydrogen) atoms. The summed E-state index contributed by atoms with van der Waals surface area (Å²) in [6.07, 6.45) is -2.48. The molecule has 1 aromatic carbocycles. The zero-order valence-corrected chi connectivity index (χ0v) is 22.6. The van der Waals surface area contributed by atoms with Gasteiger partial charge in [0.05, 0.1) is 10.7 Å². The van der Waals surface area contributed by atoms with Gasteiger partial charge in [0.1, 0.15) is 12.3 Å². The number of alkyl halides is 3. The zero-order valence-electron chi connectivity index (χ0n) is 21.8. The number of thiazole rings is 1. The Labute approximate surface area is 223 Å². The van der Waals surface area contributed by atoms with E-state index in [9.17, 15) is 18.0 Å². The van der Waals surface area contributed by atoms with Crippen molar-refractivity contribution in [3.8, 4) is 0 Å². The first-order valence-electron chi connectivity index (χ1n) is 12.6. The topological polar surface area (TPSA) is 72.6 Å². The van der Waals surface area contributed by atoms with Crippen LogP contribution in [0.3, 0.4) is 0 Å². The highest BCUT2D eigenvalue weighted by Gasteiger charge is 2.35. The lowest BCUT2D eigenvalue weighted by atomic mass is 9.93. The van der Waals surface area contributed by atoms with Crippen LogP contribution in [0.1, 0.15) is 75.6 Å². The molecule has 0 N–H and O–H groups in total. The fraction of sp³-hybridized carbons (Fsp3) is 0.481. The molecule has 4 heterocycles. The van der Waals surface area contributed by atoms with Gasteiger partial charge in [0.2, 0.25) is 5.91 Å². The van der Waals surface area contributed by atoms with Gasteiger partial charge in [-0.05, 0) is 57.7 Å². The van der Waals surface area contributed by atoms with Gasteiger partial charge >= 0.3 is 6.18 Å². The van der Waals surface area contributed by atoms with Crippen molar-refractivity contribution < 1.29 is 22.8 Å². The van der Waals surface area contributed by atoms with Crippen LogP contribution in [0.5, 0.6) is 0 Å². The number of aryl methyl sites for hydroxylation is 4. The Balaban J connectivity index is 1.17. The van der Waals surface area contributed by atoms with E-state index in [1.165, 1.54) is 29.2 Å². The molecule has 0 unspecified atom stereocenters. The maximum absolute atomic E-state index is 12.9. The molecule has 0 radical (unpaired) electrons. The molecule has 2 aliphatic heterocycles. The second-order valence-electron chi connectivity index (χ2n) is 10.2. The third kappa shape index (κ3) is 5.34. The first-order valence-corrected chi connectivity index (χ1v) is 13.5. The number of carbonyl (C=O) groups is 1. The normalized spacial score (nSPS) is 18.6. The first kappa shape index (κ1) is 26.4. The van der Waals surface area contributed by atoms with Crippen molar-refractivity contribution in [1.29, 1.82) is 0 Å². The highest BCUT2D eigenvalue weighted by atomic mass is 32.1. The Morgan fingerprint density at radius 1 is 1.11 bits per heavy atom. The predicted molar refractivity (Wildman–Crippen MR) is 138 cm³/mol. The predicted octanol–water partition coefficient (Wildman–Crippen LogP) is 5.86. The van der Waals surface area contributed by atoms with Crippen LogP contribution in [0.15, 0.2) is 28.7 Å². The molecular formula is C27H30F3N5O2S. The van der Waals surface area contributed by atoms with Crippen molar-refractivity contribution in [2.24, 2.45) is 5.16 Å². The number of likely N-dealkylation sites (tertiary alicyclic amines) is 1. The number of nitrogens with zero attached hydrogens (tertiary/aromatic N) is 5. The minimum absolute atomic E-state index is 0.115. The molecular weight excluding hydrogens is 515 g/mol. The minimum atomic E-state index is -4.53. The van der Waals surface area contributed by atoms with Crippen LogP contribution >= 0.6 is 11.3 Å². The van der Waals surface area contributed by atoms with Crippen molar-refractivity contribution in [2.75, 3.05) is 13.1 Å². The maximum atomic E-state index is 12.9. The Bertz CT molecular complexity index is 1360. The molecule has 1 saturated heterocycles. The van der Waals surface area contributed by atoms with Crippen molar-refractivity contribution >= 4 is 23.0 Å². The third-order valence-electron chi connectivity index (χ3n) is 7.30. The summed E-state index contributed by atoms with van der Waals surface area (Å²) in [7, 11) is 0. The summed E-state index contributed by atoms with van der Waals surface area (Å²) in [5.41, 5.74) is 5.83. The van der Waals surface area contributed by atoms with E-state index in [-0.39, 0.29) is 24.5 Å². The highest BCUT2D eigenvalue weighted by molar-refractivity contribution is 7.10. The molecule has 3 aromatic rings. The van der Waals surface area contributed by atoms with E-state index >= 15 is 0 Å². The number of rotatable bonds is 5. The van der Waals surface area contributed by atoms with E-state index in [2.05, 4.69) is 43.2 Å². The van der Waals surface area contributed by atoms with Crippen LogP contribution in [-0.4, -0.2) is 44.4 Å². The Morgan fingerprint density at radius 3 is 2.42 bits per heavy atom. The standard InChI is InChI=1S/C27H30F3N5O2S/c1-15-9-16(2)25(17(3)10-15)22-12-20(33-37-22)21-14-38-26(31-21)19-5-7-34(8-6-19)24(36)13-35-18(4)11-23(32-35)27(28,29)30/h9-11,14,19,22H,5-8,12-13H2,1-4H3/t22-/m1/s1. The largest absolute Gasteiger partial charge is 0.435 e. The molecule has 2 aromatic heterocycles. The Kier molecular flexibility index (Phi) is 7.06. The van der Waals surface area contributed by atoms with E-state index in [0.717, 1.165) is 40.0 Å². The summed E-state index contributed by atoms with van der Waals surface area (Å²) in [5, 5.41) is 11.0. The Hall–Kier alpha value is -3.21. The van der Waals surface area contributed by atoms with E-state index in [0.29, 0.717) is 25.2 Å². The van der Waals surface area contributed by atoms with Gasteiger partial charge in [-0.3, -0.25) is 9.48 Å². The smallest absolute Gasteiger partial charge is 0.387 e. The van der Waals surface area contributed by atoms with Gasteiger partial charge in [-0.1, -0.05) is 22.9 Å². The number of carbonyl (C=O) groups excluding carboxylic acids is 1. The maximum Gasteiger partial charge on any atom is 0.435 e. The summed E-state index contributed by atoms with van der Waals surface area (Å²) in [5.74, 6) is -0.00484. The fourth-order valence-electron chi connectivity index (χ4n) is 5.40. The second kappa shape index (κ2) is 10.2. The molecule has 0 bridgehead atoms. The average Bonchev–Trinajstić information content (AvgIpc) is 3.59. The highest BCUT2D eigenvalue weighted by Crippen LogP contribution is 2.36. The van der Waals surface area contributed by atoms with Gasteiger partial charge < -0.3 is 9.74 Å². The Morgan fingerprint density at radius 2 is 1.79 bits per heavy atom. The lowest BCUT2D eigenvalue weighted by Gasteiger charge is -2.31.